The Balaban J connectivity index is 2.02. The molecule has 0 saturated carbocycles. The van der Waals surface area contributed by atoms with Crippen molar-refractivity contribution >= 4 is 11.6 Å². The lowest BCUT2D eigenvalue weighted by Gasteiger charge is -2.12. The van der Waals surface area contributed by atoms with Crippen LogP contribution < -0.4 is 10.6 Å². The fourth-order valence-corrected chi connectivity index (χ4v) is 1.91. The van der Waals surface area contributed by atoms with Gasteiger partial charge in [0, 0.05) is 30.5 Å². The van der Waals surface area contributed by atoms with E-state index in [9.17, 15) is 9.18 Å². The zero-order valence-electron chi connectivity index (χ0n) is 12.8. The van der Waals surface area contributed by atoms with Gasteiger partial charge in [0.15, 0.2) is 0 Å². The van der Waals surface area contributed by atoms with Crippen molar-refractivity contribution in [3.05, 3.63) is 59.7 Å². The molecule has 0 aliphatic carbocycles. The molecule has 5 heteroatoms. The highest BCUT2D eigenvalue weighted by Crippen LogP contribution is 2.12. The van der Waals surface area contributed by atoms with E-state index in [1.54, 1.807) is 30.5 Å². The molecule has 116 valence electrons. The molecule has 4 nitrogen and oxygen atoms in total. The minimum Gasteiger partial charge on any atom is -0.380 e. The van der Waals surface area contributed by atoms with Gasteiger partial charge in [0.05, 0.1) is 11.3 Å². The summed E-state index contributed by atoms with van der Waals surface area (Å²) < 4.78 is 13.6. The molecule has 1 heterocycles. The summed E-state index contributed by atoms with van der Waals surface area (Å²) in [5.74, 6) is -0.412. The van der Waals surface area contributed by atoms with Gasteiger partial charge >= 0.3 is 0 Å². The fraction of sp³-hybridized carbons (Fsp3) is 0.294. The third-order valence-corrected chi connectivity index (χ3v) is 3.43. The van der Waals surface area contributed by atoms with E-state index in [1.807, 2.05) is 13.8 Å². The van der Waals surface area contributed by atoms with Crippen LogP contribution >= 0.6 is 0 Å². The zero-order chi connectivity index (χ0) is 15.9. The Labute approximate surface area is 129 Å². The quantitative estimate of drug-likeness (QED) is 0.860. The van der Waals surface area contributed by atoms with E-state index < -0.39 is 0 Å². The second-order valence-electron chi connectivity index (χ2n) is 5.19. The van der Waals surface area contributed by atoms with E-state index in [0.717, 1.165) is 6.42 Å². The number of aromatic nitrogens is 1. The second-order valence-corrected chi connectivity index (χ2v) is 5.19. The van der Waals surface area contributed by atoms with Crippen LogP contribution in [0.4, 0.5) is 10.1 Å². The molecule has 2 aromatic rings. The van der Waals surface area contributed by atoms with Gasteiger partial charge in [-0.3, -0.25) is 9.78 Å². The Morgan fingerprint density at radius 1 is 1.32 bits per heavy atom. The lowest BCUT2D eigenvalue weighted by Crippen LogP contribution is -2.32. The van der Waals surface area contributed by atoms with Crippen molar-refractivity contribution in [1.82, 2.24) is 10.3 Å². The molecule has 0 aliphatic rings. The summed E-state index contributed by atoms with van der Waals surface area (Å²) in [7, 11) is 0. The Morgan fingerprint density at radius 2 is 2.09 bits per heavy atom. The molecular formula is C17H20FN3O. The van der Waals surface area contributed by atoms with Gasteiger partial charge in [-0.1, -0.05) is 25.1 Å². The highest BCUT2D eigenvalue weighted by Gasteiger charge is 2.09. The van der Waals surface area contributed by atoms with Crippen LogP contribution in [0.2, 0.25) is 0 Å². The van der Waals surface area contributed by atoms with Crippen molar-refractivity contribution in [2.75, 3.05) is 5.32 Å². The first-order chi connectivity index (χ1) is 10.6. The van der Waals surface area contributed by atoms with Crippen LogP contribution in [0.15, 0.2) is 42.7 Å². The standard InChI is InChI=1S/C17H20FN3O/c1-3-12(2)21-17(22)14-8-15(11-19-9-14)20-10-13-6-4-5-7-16(13)18/h4-9,11-12,20H,3,10H2,1-2H3,(H,21,22). The number of amides is 1. The molecule has 0 aliphatic heterocycles. The average molecular weight is 301 g/mol. The van der Waals surface area contributed by atoms with Gasteiger partial charge in [0.2, 0.25) is 0 Å². The number of carbonyl (C=O) groups excluding carboxylic acids is 1. The van der Waals surface area contributed by atoms with Crippen molar-refractivity contribution in [2.24, 2.45) is 0 Å². The summed E-state index contributed by atoms with van der Waals surface area (Å²) in [6, 6.07) is 8.41. The average Bonchev–Trinajstić information content (AvgIpc) is 2.54. The van der Waals surface area contributed by atoms with Gasteiger partial charge in [-0.05, 0) is 25.5 Å². The first-order valence-electron chi connectivity index (χ1n) is 7.33. The number of nitrogens with zero attached hydrogens (tertiary/aromatic N) is 1. The van der Waals surface area contributed by atoms with Crippen molar-refractivity contribution in [3.63, 3.8) is 0 Å². The zero-order valence-corrected chi connectivity index (χ0v) is 12.8. The molecule has 0 bridgehead atoms. The number of halogens is 1. The molecule has 22 heavy (non-hydrogen) atoms. The number of hydrogen-bond acceptors (Lipinski definition) is 3. The molecule has 1 amide bonds. The molecule has 1 atom stereocenters. The summed E-state index contributed by atoms with van der Waals surface area (Å²) in [5, 5.41) is 5.97. The first kappa shape index (κ1) is 15.9. The normalized spacial score (nSPS) is 11.8. The minimum atomic E-state index is -0.256. The van der Waals surface area contributed by atoms with E-state index in [1.165, 1.54) is 12.3 Å². The molecule has 2 N–H and O–H groups in total. The van der Waals surface area contributed by atoms with Gasteiger partial charge < -0.3 is 10.6 Å². The minimum absolute atomic E-state index is 0.113. The van der Waals surface area contributed by atoms with Crippen LogP contribution in [0.25, 0.3) is 0 Å². The van der Waals surface area contributed by atoms with Crippen molar-refractivity contribution in [2.45, 2.75) is 32.9 Å². The van der Waals surface area contributed by atoms with Gasteiger partial charge in [-0.2, -0.15) is 0 Å². The molecule has 1 aromatic heterocycles. The van der Waals surface area contributed by atoms with Gasteiger partial charge in [0.25, 0.3) is 5.91 Å². The molecule has 0 saturated heterocycles. The van der Waals surface area contributed by atoms with E-state index >= 15 is 0 Å². The molecule has 1 aromatic carbocycles. The Hall–Kier alpha value is -2.43. The van der Waals surface area contributed by atoms with Crippen LogP contribution in [0.1, 0.15) is 36.2 Å². The molecule has 2 rings (SSSR count). The summed E-state index contributed by atoms with van der Waals surface area (Å²) in [6.07, 6.45) is 4.00. The van der Waals surface area contributed by atoms with Crippen LogP contribution in [0.3, 0.4) is 0 Å². The SMILES string of the molecule is CCC(C)NC(=O)c1cncc(NCc2ccccc2F)c1. The summed E-state index contributed by atoms with van der Waals surface area (Å²) in [5.41, 5.74) is 1.73. The number of benzene rings is 1. The highest BCUT2D eigenvalue weighted by atomic mass is 19.1. The van der Waals surface area contributed by atoms with E-state index in [-0.39, 0.29) is 17.8 Å². The van der Waals surface area contributed by atoms with Crippen LogP contribution in [0, 0.1) is 5.82 Å². The maximum Gasteiger partial charge on any atom is 0.253 e. The third kappa shape index (κ3) is 4.28. The second kappa shape index (κ2) is 7.54. The third-order valence-electron chi connectivity index (χ3n) is 3.43. The predicted octanol–water partition coefficient (Wildman–Crippen LogP) is 3.36. The van der Waals surface area contributed by atoms with Crippen molar-refractivity contribution in [1.29, 1.82) is 0 Å². The summed E-state index contributed by atoms with van der Waals surface area (Å²) in [6.45, 7) is 4.30. The molecular weight excluding hydrogens is 281 g/mol. The number of pyridine rings is 1. The molecule has 0 radical (unpaired) electrons. The number of anilines is 1. The molecule has 1 unspecified atom stereocenters. The lowest BCUT2D eigenvalue weighted by atomic mass is 10.2. The predicted molar refractivity (Wildman–Crippen MR) is 85.2 cm³/mol. The summed E-state index contributed by atoms with van der Waals surface area (Å²) >= 11 is 0. The van der Waals surface area contributed by atoms with Gasteiger partial charge in [-0.25, -0.2) is 4.39 Å². The number of carbonyl (C=O) groups is 1. The van der Waals surface area contributed by atoms with Crippen LogP contribution in [-0.2, 0) is 6.54 Å². The topological polar surface area (TPSA) is 54.0 Å². The van der Waals surface area contributed by atoms with E-state index in [0.29, 0.717) is 23.4 Å². The fourth-order valence-electron chi connectivity index (χ4n) is 1.91. The molecule has 0 fully saturated rings. The van der Waals surface area contributed by atoms with Gasteiger partial charge in [0.1, 0.15) is 5.82 Å². The van der Waals surface area contributed by atoms with Crippen molar-refractivity contribution < 1.29 is 9.18 Å². The maximum absolute atomic E-state index is 13.6. The Bertz CT molecular complexity index is 645. The molecule has 0 spiro atoms. The smallest absolute Gasteiger partial charge is 0.253 e. The maximum atomic E-state index is 13.6. The first-order valence-corrected chi connectivity index (χ1v) is 7.33. The summed E-state index contributed by atoms with van der Waals surface area (Å²) in [4.78, 5) is 16.1. The van der Waals surface area contributed by atoms with Crippen molar-refractivity contribution in [3.8, 4) is 0 Å². The number of hydrogen-bond donors (Lipinski definition) is 2. The highest BCUT2D eigenvalue weighted by molar-refractivity contribution is 5.94. The number of nitrogens with one attached hydrogen (secondary N) is 2. The van der Waals surface area contributed by atoms with Crippen LogP contribution in [-0.4, -0.2) is 16.9 Å². The van der Waals surface area contributed by atoms with Gasteiger partial charge in [-0.15, -0.1) is 0 Å². The van der Waals surface area contributed by atoms with Crippen LogP contribution in [0.5, 0.6) is 0 Å². The Morgan fingerprint density at radius 3 is 2.82 bits per heavy atom. The largest absolute Gasteiger partial charge is 0.380 e. The number of rotatable bonds is 6. The Kier molecular flexibility index (Phi) is 5.47. The van der Waals surface area contributed by atoms with E-state index in [2.05, 4.69) is 15.6 Å². The lowest BCUT2D eigenvalue weighted by molar-refractivity contribution is 0.0939. The van der Waals surface area contributed by atoms with E-state index in [4.69, 9.17) is 0 Å². The monoisotopic (exact) mass is 301 g/mol.